The van der Waals surface area contributed by atoms with Gasteiger partial charge in [-0.1, -0.05) is 11.6 Å². The third-order valence-electron chi connectivity index (χ3n) is 3.65. The normalized spacial score (nSPS) is 17.1. The molecule has 0 bridgehead atoms. The van der Waals surface area contributed by atoms with E-state index in [4.69, 9.17) is 11.6 Å². The van der Waals surface area contributed by atoms with Crippen LogP contribution in [0.1, 0.15) is 6.42 Å². The average Bonchev–Trinajstić information content (AvgIpc) is 2.48. The molecule has 1 N–H and O–H groups in total. The number of nitrogens with zero attached hydrogens (tertiary/aromatic N) is 2. The molecule has 21 heavy (non-hydrogen) atoms. The number of rotatable bonds is 6. The van der Waals surface area contributed by atoms with Crippen LogP contribution in [-0.4, -0.2) is 58.2 Å². The van der Waals surface area contributed by atoms with Gasteiger partial charge in [0.25, 0.3) is 0 Å². The number of anilines is 1. The number of hydrogen-bond donors (Lipinski definition) is 1. The highest BCUT2D eigenvalue weighted by atomic mass is 35.5. The standard InChI is InChI=1S/C14H22ClN3O2S/c1-16-7-2-12-21(19,20)18-10-8-17(9-11-18)14-5-3-13(15)4-6-14/h3-6,16H,2,7-12H2,1H3. The summed E-state index contributed by atoms with van der Waals surface area (Å²) < 4.78 is 26.0. The Bertz CT molecular complexity index is 540. The number of halogens is 1. The number of piperazine rings is 1. The summed E-state index contributed by atoms with van der Waals surface area (Å²) in [6.45, 7) is 3.25. The molecule has 1 aromatic carbocycles. The van der Waals surface area contributed by atoms with Crippen molar-refractivity contribution in [3.63, 3.8) is 0 Å². The first kappa shape index (κ1) is 16.5. The molecule has 118 valence electrons. The van der Waals surface area contributed by atoms with Crippen LogP contribution in [0, 0.1) is 0 Å². The minimum absolute atomic E-state index is 0.217. The van der Waals surface area contributed by atoms with Crippen molar-refractivity contribution in [2.75, 3.05) is 50.4 Å². The highest BCUT2D eigenvalue weighted by Gasteiger charge is 2.26. The van der Waals surface area contributed by atoms with Crippen molar-refractivity contribution in [3.8, 4) is 0 Å². The van der Waals surface area contributed by atoms with Crippen LogP contribution < -0.4 is 10.2 Å². The summed E-state index contributed by atoms with van der Waals surface area (Å²) in [5, 5.41) is 3.69. The van der Waals surface area contributed by atoms with Crippen LogP contribution in [-0.2, 0) is 10.0 Å². The highest BCUT2D eigenvalue weighted by Crippen LogP contribution is 2.20. The monoisotopic (exact) mass is 331 g/mol. The maximum Gasteiger partial charge on any atom is 0.214 e. The van der Waals surface area contributed by atoms with Crippen LogP contribution in [0.2, 0.25) is 5.02 Å². The molecule has 0 radical (unpaired) electrons. The number of nitrogens with one attached hydrogen (secondary N) is 1. The molecule has 0 atom stereocenters. The van der Waals surface area contributed by atoms with Gasteiger partial charge in [-0.25, -0.2) is 8.42 Å². The van der Waals surface area contributed by atoms with Crippen LogP contribution in [0.15, 0.2) is 24.3 Å². The lowest BCUT2D eigenvalue weighted by Gasteiger charge is -2.35. The molecule has 0 amide bonds. The SMILES string of the molecule is CNCCCS(=O)(=O)N1CCN(c2ccc(Cl)cc2)CC1. The molecule has 1 aliphatic rings. The second-order valence-electron chi connectivity index (χ2n) is 5.14. The van der Waals surface area contributed by atoms with E-state index < -0.39 is 10.0 Å². The molecule has 1 heterocycles. The van der Waals surface area contributed by atoms with Crippen LogP contribution in [0.5, 0.6) is 0 Å². The first-order valence-corrected chi connectivity index (χ1v) is 9.14. The average molecular weight is 332 g/mol. The van der Waals surface area contributed by atoms with E-state index in [9.17, 15) is 8.42 Å². The zero-order chi connectivity index (χ0) is 15.3. The molecule has 0 spiro atoms. The molecule has 0 saturated carbocycles. The summed E-state index contributed by atoms with van der Waals surface area (Å²) in [7, 11) is -1.29. The van der Waals surface area contributed by atoms with E-state index >= 15 is 0 Å². The summed E-state index contributed by atoms with van der Waals surface area (Å²) in [5.74, 6) is 0.217. The van der Waals surface area contributed by atoms with E-state index in [-0.39, 0.29) is 5.75 Å². The van der Waals surface area contributed by atoms with Gasteiger partial charge in [0.05, 0.1) is 5.75 Å². The van der Waals surface area contributed by atoms with Crippen LogP contribution in [0.4, 0.5) is 5.69 Å². The lowest BCUT2D eigenvalue weighted by atomic mass is 10.2. The zero-order valence-electron chi connectivity index (χ0n) is 12.3. The van der Waals surface area contributed by atoms with Gasteiger partial charge >= 0.3 is 0 Å². The summed E-state index contributed by atoms with van der Waals surface area (Å²) >= 11 is 5.88. The fourth-order valence-electron chi connectivity index (χ4n) is 2.44. The van der Waals surface area contributed by atoms with E-state index in [1.54, 1.807) is 4.31 Å². The van der Waals surface area contributed by atoms with E-state index in [1.807, 2.05) is 31.3 Å². The van der Waals surface area contributed by atoms with Crippen LogP contribution >= 0.6 is 11.6 Å². The van der Waals surface area contributed by atoms with E-state index in [1.165, 1.54) is 0 Å². The topological polar surface area (TPSA) is 52.7 Å². The van der Waals surface area contributed by atoms with Crippen molar-refractivity contribution in [2.45, 2.75) is 6.42 Å². The fraction of sp³-hybridized carbons (Fsp3) is 0.571. The zero-order valence-corrected chi connectivity index (χ0v) is 13.8. The minimum Gasteiger partial charge on any atom is -0.369 e. The summed E-state index contributed by atoms with van der Waals surface area (Å²) in [6.07, 6.45) is 0.649. The third-order valence-corrected chi connectivity index (χ3v) is 5.86. The molecule has 1 aromatic rings. The number of hydrogen-bond acceptors (Lipinski definition) is 4. The minimum atomic E-state index is -3.12. The van der Waals surface area contributed by atoms with Crippen molar-refractivity contribution in [3.05, 3.63) is 29.3 Å². The lowest BCUT2D eigenvalue weighted by Crippen LogP contribution is -2.49. The number of sulfonamides is 1. The predicted octanol–water partition coefficient (Wildman–Crippen LogP) is 1.40. The van der Waals surface area contributed by atoms with Gasteiger partial charge < -0.3 is 10.2 Å². The fourth-order valence-corrected chi connectivity index (χ4v) is 4.05. The largest absolute Gasteiger partial charge is 0.369 e. The van der Waals surface area contributed by atoms with Gasteiger partial charge in [0.15, 0.2) is 0 Å². The highest BCUT2D eigenvalue weighted by molar-refractivity contribution is 7.89. The summed E-state index contributed by atoms with van der Waals surface area (Å²) in [6, 6.07) is 7.66. The van der Waals surface area contributed by atoms with Gasteiger partial charge in [-0.3, -0.25) is 0 Å². The Morgan fingerprint density at radius 3 is 2.33 bits per heavy atom. The van der Waals surface area contributed by atoms with Crippen LogP contribution in [0.3, 0.4) is 0 Å². The second-order valence-corrected chi connectivity index (χ2v) is 7.66. The Balaban J connectivity index is 1.89. The van der Waals surface area contributed by atoms with Crippen molar-refractivity contribution >= 4 is 27.3 Å². The van der Waals surface area contributed by atoms with Gasteiger partial charge in [0, 0.05) is 36.9 Å². The quantitative estimate of drug-likeness (QED) is 0.801. The first-order valence-electron chi connectivity index (χ1n) is 7.16. The maximum absolute atomic E-state index is 12.2. The Hall–Kier alpha value is -0.820. The molecule has 1 aliphatic heterocycles. The molecule has 0 aliphatic carbocycles. The van der Waals surface area contributed by atoms with Crippen molar-refractivity contribution in [1.82, 2.24) is 9.62 Å². The predicted molar refractivity (Wildman–Crippen MR) is 87.6 cm³/mol. The first-order chi connectivity index (χ1) is 10.0. The van der Waals surface area contributed by atoms with Gasteiger partial charge in [-0.2, -0.15) is 4.31 Å². The van der Waals surface area contributed by atoms with E-state index in [0.29, 0.717) is 37.6 Å². The maximum atomic E-state index is 12.2. The lowest BCUT2D eigenvalue weighted by molar-refractivity contribution is 0.384. The molecule has 7 heteroatoms. The smallest absolute Gasteiger partial charge is 0.214 e. The second kappa shape index (κ2) is 7.45. The molecule has 1 fully saturated rings. The molecule has 0 unspecified atom stereocenters. The Morgan fingerprint density at radius 2 is 1.76 bits per heavy atom. The van der Waals surface area contributed by atoms with E-state index in [0.717, 1.165) is 12.2 Å². The molecule has 2 rings (SSSR count). The van der Waals surface area contributed by atoms with Crippen molar-refractivity contribution < 1.29 is 8.42 Å². The van der Waals surface area contributed by atoms with Gasteiger partial charge in [-0.15, -0.1) is 0 Å². The van der Waals surface area contributed by atoms with Crippen molar-refractivity contribution in [2.24, 2.45) is 0 Å². The van der Waals surface area contributed by atoms with Gasteiger partial charge in [-0.05, 0) is 44.3 Å². The molecule has 5 nitrogen and oxygen atoms in total. The molecule has 0 aromatic heterocycles. The summed E-state index contributed by atoms with van der Waals surface area (Å²) in [5.41, 5.74) is 1.09. The van der Waals surface area contributed by atoms with Crippen LogP contribution in [0.25, 0.3) is 0 Å². The van der Waals surface area contributed by atoms with E-state index in [2.05, 4.69) is 10.2 Å². The Morgan fingerprint density at radius 1 is 1.14 bits per heavy atom. The van der Waals surface area contributed by atoms with Crippen molar-refractivity contribution in [1.29, 1.82) is 0 Å². The summed E-state index contributed by atoms with van der Waals surface area (Å²) in [4.78, 5) is 2.19. The number of benzene rings is 1. The van der Waals surface area contributed by atoms with Gasteiger partial charge in [0.2, 0.25) is 10.0 Å². The third kappa shape index (κ3) is 4.57. The van der Waals surface area contributed by atoms with Gasteiger partial charge in [0.1, 0.15) is 0 Å². The molecular formula is C14H22ClN3O2S. The molecule has 1 saturated heterocycles. The Labute approximate surface area is 131 Å². The molecular weight excluding hydrogens is 310 g/mol. The Kier molecular flexibility index (Phi) is 5.87.